The van der Waals surface area contributed by atoms with E-state index >= 15 is 0 Å². The molecule has 0 aliphatic heterocycles. The van der Waals surface area contributed by atoms with Crippen LogP contribution in [0.15, 0.2) is 24.3 Å². The summed E-state index contributed by atoms with van der Waals surface area (Å²) in [7, 11) is 0. The third kappa shape index (κ3) is 3.70. The molecule has 1 aromatic carbocycles. The molecule has 0 radical (unpaired) electrons. The molecule has 23 heavy (non-hydrogen) atoms. The maximum Gasteiger partial charge on any atom is 0.307 e. The van der Waals surface area contributed by atoms with Crippen LogP contribution in [0.4, 0.5) is 5.69 Å². The Balaban J connectivity index is 1.53. The van der Waals surface area contributed by atoms with E-state index in [0.717, 1.165) is 25.7 Å². The third-order valence-electron chi connectivity index (χ3n) is 4.55. The van der Waals surface area contributed by atoms with Crippen molar-refractivity contribution in [2.24, 2.45) is 11.8 Å². The molecule has 2 unspecified atom stereocenters. The Bertz CT molecular complexity index is 620. The lowest BCUT2D eigenvalue weighted by Gasteiger charge is -2.12. The third-order valence-corrected chi connectivity index (χ3v) is 4.55. The molecular weight excluding hydrogens is 296 g/mol. The molecule has 2 fully saturated rings. The first-order valence-electron chi connectivity index (χ1n) is 7.99. The normalized spacial score (nSPS) is 23.3. The predicted molar refractivity (Wildman–Crippen MR) is 84.0 cm³/mol. The molecule has 2 aliphatic carbocycles. The number of carboxylic acids is 1. The lowest BCUT2D eigenvalue weighted by atomic mass is 10.1. The van der Waals surface area contributed by atoms with Crippen LogP contribution in [-0.2, 0) is 9.59 Å². The smallest absolute Gasteiger partial charge is 0.307 e. The molecule has 0 bridgehead atoms. The van der Waals surface area contributed by atoms with E-state index in [1.165, 1.54) is 0 Å². The van der Waals surface area contributed by atoms with Gasteiger partial charge in [-0.15, -0.1) is 0 Å². The van der Waals surface area contributed by atoms with Crippen LogP contribution < -0.4 is 10.6 Å². The number of carbonyl (C=O) groups is 3. The van der Waals surface area contributed by atoms with Gasteiger partial charge in [-0.1, -0.05) is 12.8 Å². The number of carboxylic acid groups (broad SMARTS) is 1. The molecule has 2 aliphatic rings. The highest BCUT2D eigenvalue weighted by atomic mass is 16.4. The highest BCUT2D eigenvalue weighted by molar-refractivity contribution is 5.99. The summed E-state index contributed by atoms with van der Waals surface area (Å²) in [5.74, 6) is -2.31. The molecule has 2 saturated carbocycles. The Morgan fingerprint density at radius 2 is 1.65 bits per heavy atom. The highest BCUT2D eigenvalue weighted by Gasteiger charge is 2.48. The lowest BCUT2D eigenvalue weighted by molar-refractivity contribution is -0.139. The highest BCUT2D eigenvalue weighted by Crippen LogP contribution is 2.39. The topological polar surface area (TPSA) is 95.5 Å². The van der Waals surface area contributed by atoms with Gasteiger partial charge in [0.2, 0.25) is 5.91 Å². The van der Waals surface area contributed by atoms with E-state index in [1.54, 1.807) is 24.3 Å². The first-order chi connectivity index (χ1) is 11.0. The first-order valence-corrected chi connectivity index (χ1v) is 7.99. The summed E-state index contributed by atoms with van der Waals surface area (Å²) in [5, 5.41) is 14.5. The Morgan fingerprint density at radius 3 is 2.22 bits per heavy atom. The second-order valence-electron chi connectivity index (χ2n) is 6.31. The average Bonchev–Trinajstić information content (AvgIpc) is 3.19. The Kier molecular flexibility index (Phi) is 4.32. The van der Waals surface area contributed by atoms with Crippen molar-refractivity contribution in [1.29, 1.82) is 0 Å². The van der Waals surface area contributed by atoms with Crippen molar-refractivity contribution in [3.8, 4) is 0 Å². The SMILES string of the molecule is O=C(NC1CCCC1)c1ccc(NC(=O)C2CC2C(=O)O)cc1. The fourth-order valence-corrected chi connectivity index (χ4v) is 3.04. The molecule has 3 rings (SSSR count). The van der Waals surface area contributed by atoms with Gasteiger partial charge in [0, 0.05) is 17.3 Å². The molecule has 6 nitrogen and oxygen atoms in total. The van der Waals surface area contributed by atoms with E-state index in [4.69, 9.17) is 5.11 Å². The summed E-state index contributed by atoms with van der Waals surface area (Å²) in [4.78, 5) is 34.8. The van der Waals surface area contributed by atoms with Crippen molar-refractivity contribution >= 4 is 23.5 Å². The predicted octanol–water partition coefficient (Wildman–Crippen LogP) is 2.02. The number of carbonyl (C=O) groups excluding carboxylic acids is 2. The average molecular weight is 316 g/mol. The number of rotatable bonds is 5. The van der Waals surface area contributed by atoms with Gasteiger partial charge in [0.15, 0.2) is 0 Å². The van der Waals surface area contributed by atoms with Crippen LogP contribution >= 0.6 is 0 Å². The van der Waals surface area contributed by atoms with Gasteiger partial charge in [0.05, 0.1) is 11.8 Å². The summed E-state index contributed by atoms with van der Waals surface area (Å²) in [6.07, 6.45) is 4.78. The summed E-state index contributed by atoms with van der Waals surface area (Å²) in [5.41, 5.74) is 1.13. The van der Waals surface area contributed by atoms with Crippen LogP contribution in [-0.4, -0.2) is 28.9 Å². The summed E-state index contributed by atoms with van der Waals surface area (Å²) in [6, 6.07) is 6.94. The van der Waals surface area contributed by atoms with Crippen molar-refractivity contribution in [3.63, 3.8) is 0 Å². The number of hydrogen-bond acceptors (Lipinski definition) is 3. The zero-order valence-electron chi connectivity index (χ0n) is 12.7. The molecule has 0 heterocycles. The van der Waals surface area contributed by atoms with Crippen molar-refractivity contribution in [2.45, 2.75) is 38.1 Å². The van der Waals surface area contributed by atoms with Crippen LogP contribution in [0.25, 0.3) is 0 Å². The van der Waals surface area contributed by atoms with Crippen molar-refractivity contribution in [1.82, 2.24) is 5.32 Å². The fraction of sp³-hybridized carbons (Fsp3) is 0.471. The van der Waals surface area contributed by atoms with Crippen LogP contribution in [0.1, 0.15) is 42.5 Å². The number of amides is 2. The minimum absolute atomic E-state index is 0.0945. The summed E-state index contributed by atoms with van der Waals surface area (Å²) in [6.45, 7) is 0. The molecular formula is C17H20N2O4. The van der Waals surface area contributed by atoms with Crippen molar-refractivity contribution < 1.29 is 19.5 Å². The standard InChI is InChI=1S/C17H20N2O4/c20-15(18-11-3-1-2-4-11)10-5-7-12(8-6-10)19-16(21)13-9-14(13)17(22)23/h5-8,11,13-14H,1-4,9H2,(H,18,20)(H,19,21)(H,22,23). The van der Waals surface area contributed by atoms with Gasteiger partial charge < -0.3 is 15.7 Å². The number of hydrogen-bond donors (Lipinski definition) is 3. The van der Waals surface area contributed by atoms with E-state index in [1.807, 2.05) is 0 Å². The van der Waals surface area contributed by atoms with Gasteiger partial charge in [-0.3, -0.25) is 14.4 Å². The molecule has 0 spiro atoms. The molecule has 122 valence electrons. The molecule has 2 amide bonds. The number of aliphatic carboxylic acids is 1. The largest absolute Gasteiger partial charge is 0.481 e. The number of benzene rings is 1. The van der Waals surface area contributed by atoms with Crippen LogP contribution in [0, 0.1) is 11.8 Å². The Morgan fingerprint density at radius 1 is 1.00 bits per heavy atom. The molecule has 0 aromatic heterocycles. The van der Waals surface area contributed by atoms with Gasteiger partial charge in [-0.2, -0.15) is 0 Å². The lowest BCUT2D eigenvalue weighted by Crippen LogP contribution is -2.32. The zero-order chi connectivity index (χ0) is 16.4. The Labute approximate surface area is 134 Å². The second kappa shape index (κ2) is 6.40. The molecule has 2 atom stereocenters. The first kappa shape index (κ1) is 15.5. The van der Waals surface area contributed by atoms with Gasteiger partial charge in [-0.25, -0.2) is 0 Å². The molecule has 0 saturated heterocycles. The minimum atomic E-state index is -0.927. The van der Waals surface area contributed by atoms with E-state index in [9.17, 15) is 14.4 Å². The molecule has 1 aromatic rings. The van der Waals surface area contributed by atoms with Crippen molar-refractivity contribution in [3.05, 3.63) is 29.8 Å². The van der Waals surface area contributed by atoms with E-state index in [-0.39, 0.29) is 17.9 Å². The van der Waals surface area contributed by atoms with Crippen molar-refractivity contribution in [2.75, 3.05) is 5.32 Å². The van der Waals surface area contributed by atoms with Gasteiger partial charge in [0.1, 0.15) is 0 Å². The van der Waals surface area contributed by atoms with Crippen LogP contribution in [0.5, 0.6) is 0 Å². The minimum Gasteiger partial charge on any atom is -0.481 e. The van der Waals surface area contributed by atoms with E-state index in [2.05, 4.69) is 10.6 Å². The summed E-state index contributed by atoms with van der Waals surface area (Å²) >= 11 is 0. The molecule has 6 heteroatoms. The monoisotopic (exact) mass is 316 g/mol. The number of nitrogens with one attached hydrogen (secondary N) is 2. The maximum atomic E-state index is 12.1. The number of anilines is 1. The van der Waals surface area contributed by atoms with Crippen LogP contribution in [0.3, 0.4) is 0 Å². The fourth-order valence-electron chi connectivity index (χ4n) is 3.04. The maximum absolute atomic E-state index is 12.1. The van der Waals surface area contributed by atoms with Crippen LogP contribution in [0.2, 0.25) is 0 Å². The van der Waals surface area contributed by atoms with Gasteiger partial charge in [-0.05, 0) is 43.5 Å². The van der Waals surface area contributed by atoms with Gasteiger partial charge in [0.25, 0.3) is 5.91 Å². The molecule has 3 N–H and O–H groups in total. The summed E-state index contributed by atoms with van der Waals surface area (Å²) < 4.78 is 0. The van der Waals surface area contributed by atoms with Gasteiger partial charge >= 0.3 is 5.97 Å². The second-order valence-corrected chi connectivity index (χ2v) is 6.31. The Hall–Kier alpha value is -2.37. The quantitative estimate of drug-likeness (QED) is 0.774. The zero-order valence-corrected chi connectivity index (χ0v) is 12.7. The van der Waals surface area contributed by atoms with E-state index in [0.29, 0.717) is 17.7 Å². The van der Waals surface area contributed by atoms with E-state index < -0.39 is 17.8 Å².